The van der Waals surface area contributed by atoms with E-state index in [4.69, 9.17) is 59.4 Å². The van der Waals surface area contributed by atoms with Crippen LogP contribution in [-0.4, -0.2) is 85.4 Å². The fraction of sp³-hybridized carbons (Fsp3) is 0. The lowest BCUT2D eigenvalue weighted by Crippen LogP contribution is -1.97. The first kappa shape index (κ1) is 65.1. The van der Waals surface area contributed by atoms with Gasteiger partial charge >= 0.3 is 23.9 Å². The molecule has 0 aliphatic heterocycles. The standard InChI is InChI=1S/2C20H11N3O3S.2C16H9N3O3/c21-11-15(20(24)25)10-16-7-8-17(27-16)18-19(26-23-22-18)14-6-5-12-3-1-2-4-13(12)9-14;21-11-15(20(24)25)10-16-7-8-17(27-16)19-23-22-18(26-19)14-6-5-12-3-1-2-4-13(12)9-14;17-9-13(16(20)21)8-14-18-19-15(22-14)12-6-5-10-3-1-2-4-11(10)7-12;17-9-13(16(20)21)8-14-15(22-19-18-14)12-6-5-10-3-1-2-4-11(10)7-12/h2*1-10H,(H,24,25);2*1-8H,(H,20,21)/b2*15-10-;2*13-8-. The largest absolute Gasteiger partial charge is 0.477 e. The summed E-state index contributed by atoms with van der Waals surface area (Å²) < 4.78 is 21.7. The molecule has 8 aromatic carbocycles. The van der Waals surface area contributed by atoms with Gasteiger partial charge in [0.2, 0.25) is 17.7 Å². The van der Waals surface area contributed by atoms with Crippen LogP contribution >= 0.6 is 22.7 Å². The van der Waals surface area contributed by atoms with Crippen LogP contribution in [-0.2, 0) is 19.2 Å². The maximum absolute atomic E-state index is 11.0. The minimum absolute atomic E-state index is 0.0258. The highest BCUT2D eigenvalue weighted by molar-refractivity contribution is 7.16. The molecule has 0 fully saturated rings. The van der Waals surface area contributed by atoms with E-state index < -0.39 is 35.0 Å². The number of aliphatic carboxylic acids is 4. The van der Waals surface area contributed by atoms with E-state index in [2.05, 4.69) is 41.1 Å². The average molecular weight is 1330 g/mol. The predicted molar refractivity (Wildman–Crippen MR) is 360 cm³/mol. The molecule has 0 unspecified atom stereocenters. The number of hydrogen-bond donors (Lipinski definition) is 4. The average Bonchev–Trinajstić information content (AvgIpc) is 1.63. The predicted octanol–water partition coefficient (Wildman–Crippen LogP) is 15.0. The SMILES string of the molecule is N#C/C(=C/c1ccc(-c2nnc(-c3ccc4ccccc4c3)o2)s1)C(=O)O.N#C/C(=C/c1ccc(-c2nnoc2-c2ccc3ccccc3c2)s1)C(=O)O.N#C/C(=C/c1nnc(-c2ccc3ccccc3c2)o1)C(=O)O.N#C/C(=C/c1nnoc1-c1ccc2ccccc2c1)C(=O)O. The topological polar surface area (TPSA) is 400 Å². The van der Waals surface area contributed by atoms with Crippen LogP contribution in [0.1, 0.15) is 21.3 Å². The second-order valence-electron chi connectivity index (χ2n) is 20.3. The number of aromatic nitrogens is 8. The van der Waals surface area contributed by atoms with Crippen LogP contribution < -0.4 is 0 Å². The van der Waals surface area contributed by atoms with Gasteiger partial charge in [0.15, 0.2) is 17.2 Å². The molecule has 0 atom stereocenters. The van der Waals surface area contributed by atoms with Crippen LogP contribution in [0, 0.1) is 45.3 Å². The third-order valence-corrected chi connectivity index (χ3v) is 16.2. The van der Waals surface area contributed by atoms with E-state index in [1.807, 2.05) is 170 Å². The number of carboxylic acids is 4. The molecule has 472 valence electrons. The van der Waals surface area contributed by atoms with Crippen molar-refractivity contribution in [3.8, 4) is 91.2 Å². The molecule has 0 saturated carbocycles. The summed E-state index contributed by atoms with van der Waals surface area (Å²) in [6.07, 6.45) is 4.83. The number of fused-ring (bicyclic) bond motifs is 4. The minimum atomic E-state index is -1.34. The minimum Gasteiger partial charge on any atom is -0.477 e. The van der Waals surface area contributed by atoms with Crippen molar-refractivity contribution in [2.75, 3.05) is 0 Å². The van der Waals surface area contributed by atoms with Crippen molar-refractivity contribution in [2.45, 2.75) is 0 Å². The van der Waals surface area contributed by atoms with Crippen LogP contribution in [0.4, 0.5) is 0 Å². The summed E-state index contributed by atoms with van der Waals surface area (Å²) in [5.41, 5.74) is 2.33. The first-order valence-corrected chi connectivity index (χ1v) is 30.2. The van der Waals surface area contributed by atoms with E-state index in [1.165, 1.54) is 34.8 Å². The Morgan fingerprint density at radius 1 is 0.357 bits per heavy atom. The van der Waals surface area contributed by atoms with Crippen molar-refractivity contribution in [1.82, 2.24) is 41.1 Å². The van der Waals surface area contributed by atoms with Gasteiger partial charge in [-0.3, -0.25) is 0 Å². The Morgan fingerprint density at radius 2 is 0.724 bits per heavy atom. The van der Waals surface area contributed by atoms with Crippen LogP contribution in [0.15, 0.2) is 234 Å². The van der Waals surface area contributed by atoms with Crippen LogP contribution in [0.3, 0.4) is 0 Å². The van der Waals surface area contributed by atoms with Gasteiger partial charge in [-0.05, 0) is 122 Å². The molecule has 0 radical (unpaired) electrons. The molecule has 24 nitrogen and oxygen atoms in total. The molecule has 6 heterocycles. The summed E-state index contributed by atoms with van der Waals surface area (Å²) in [6.45, 7) is 0. The highest BCUT2D eigenvalue weighted by Crippen LogP contribution is 2.37. The molecule has 98 heavy (non-hydrogen) atoms. The van der Waals surface area contributed by atoms with Gasteiger partial charge in [0.25, 0.3) is 5.89 Å². The summed E-state index contributed by atoms with van der Waals surface area (Å²) in [4.78, 5) is 46.3. The van der Waals surface area contributed by atoms with E-state index in [0.29, 0.717) is 49.2 Å². The Balaban J connectivity index is 0.000000133. The number of nitriles is 4. The molecule has 26 heteroatoms. The van der Waals surface area contributed by atoms with Gasteiger partial charge in [0, 0.05) is 48.6 Å². The van der Waals surface area contributed by atoms with E-state index in [9.17, 15) is 19.2 Å². The van der Waals surface area contributed by atoms with Crippen molar-refractivity contribution in [1.29, 1.82) is 21.0 Å². The highest BCUT2D eigenvalue weighted by atomic mass is 32.1. The lowest BCUT2D eigenvalue weighted by atomic mass is 10.0. The molecular weight excluding hydrogens is 1290 g/mol. The summed E-state index contributed by atoms with van der Waals surface area (Å²) in [6, 6.07) is 68.3. The number of benzene rings is 8. The number of carbonyl (C=O) groups is 4. The van der Waals surface area contributed by atoms with E-state index in [0.717, 1.165) is 76.8 Å². The van der Waals surface area contributed by atoms with Crippen molar-refractivity contribution in [2.24, 2.45) is 0 Å². The highest BCUT2D eigenvalue weighted by Gasteiger charge is 2.20. The van der Waals surface area contributed by atoms with Gasteiger partial charge in [0.05, 0.1) is 9.75 Å². The Kier molecular flexibility index (Phi) is 19.8. The molecule has 6 aromatic heterocycles. The number of nitrogens with zero attached hydrogens (tertiary/aromatic N) is 12. The zero-order chi connectivity index (χ0) is 68.7. The smallest absolute Gasteiger partial charge is 0.346 e. The molecule has 0 aliphatic carbocycles. The maximum Gasteiger partial charge on any atom is 0.346 e. The third-order valence-electron chi connectivity index (χ3n) is 14.1. The fourth-order valence-electron chi connectivity index (χ4n) is 9.40. The first-order valence-electron chi connectivity index (χ1n) is 28.5. The zero-order valence-electron chi connectivity index (χ0n) is 50.0. The van der Waals surface area contributed by atoms with Crippen molar-refractivity contribution in [3.05, 3.63) is 238 Å². The molecule has 14 rings (SSSR count). The van der Waals surface area contributed by atoms with Crippen LogP contribution in [0.5, 0.6) is 0 Å². The lowest BCUT2D eigenvalue weighted by molar-refractivity contribution is -0.133. The molecule has 0 bridgehead atoms. The molecule has 14 aromatic rings. The van der Waals surface area contributed by atoms with Crippen molar-refractivity contribution < 1.29 is 57.5 Å². The second-order valence-corrected chi connectivity index (χ2v) is 22.6. The zero-order valence-corrected chi connectivity index (χ0v) is 51.7. The number of hydrogen-bond acceptors (Lipinski definition) is 22. The molecule has 0 spiro atoms. The Morgan fingerprint density at radius 3 is 1.20 bits per heavy atom. The number of rotatable bonds is 14. The van der Waals surface area contributed by atoms with Crippen LogP contribution in [0.2, 0.25) is 0 Å². The maximum atomic E-state index is 11.0. The lowest BCUT2D eigenvalue weighted by Gasteiger charge is -2.01. The van der Waals surface area contributed by atoms with Gasteiger partial charge < -0.3 is 38.3 Å². The third kappa shape index (κ3) is 15.4. The molecular formula is C72H40N12O12S2. The number of thiophene rings is 2. The molecule has 0 amide bonds. The van der Waals surface area contributed by atoms with Gasteiger partial charge in [0.1, 0.15) is 52.3 Å². The summed E-state index contributed by atoms with van der Waals surface area (Å²) >= 11 is 2.58. The summed E-state index contributed by atoms with van der Waals surface area (Å²) in [5.74, 6) is -3.33. The normalized spacial score (nSPS) is 11.4. The van der Waals surface area contributed by atoms with E-state index in [-0.39, 0.29) is 28.6 Å². The monoisotopic (exact) mass is 1330 g/mol. The molecule has 0 aliphatic rings. The fourth-order valence-corrected chi connectivity index (χ4v) is 11.2. The second kappa shape index (κ2) is 29.9. The Labute approximate surface area is 559 Å². The van der Waals surface area contributed by atoms with Gasteiger partial charge in [-0.1, -0.05) is 133 Å². The van der Waals surface area contributed by atoms with Crippen LogP contribution in [0.25, 0.3) is 134 Å². The summed E-state index contributed by atoms with van der Waals surface area (Å²) in [7, 11) is 0. The Bertz CT molecular complexity index is 5720. The quantitative estimate of drug-likeness (QED) is 0.0580. The molecule has 4 N–H and O–H groups in total. The Hall–Kier alpha value is -14.4. The van der Waals surface area contributed by atoms with Gasteiger partial charge in [-0.15, -0.1) is 53.3 Å². The van der Waals surface area contributed by atoms with Gasteiger partial charge in [-0.2, -0.15) is 21.0 Å². The van der Waals surface area contributed by atoms with E-state index in [1.54, 1.807) is 48.5 Å². The summed E-state index contributed by atoms with van der Waals surface area (Å²) in [5, 5.41) is 110. The van der Waals surface area contributed by atoms with Crippen molar-refractivity contribution >= 4 is 114 Å². The van der Waals surface area contributed by atoms with Gasteiger partial charge in [-0.25, -0.2) is 19.2 Å². The molecule has 0 saturated heterocycles. The first-order chi connectivity index (χ1) is 47.6. The van der Waals surface area contributed by atoms with Crippen molar-refractivity contribution in [3.63, 3.8) is 0 Å². The number of carboxylic acid groups (broad SMARTS) is 4. The van der Waals surface area contributed by atoms with E-state index >= 15 is 0 Å².